The fraction of sp³-hybridized carbons (Fsp3) is 0.526. The number of nitriles is 1. The number of aromatic nitrogens is 2. The standard InChI is InChI=1S/C38H47ClN6O3/c1-36(2,3)48-35(46)45-14-11-38(12-15-45)23-32(24-38)43-16-18-44(19-17-43)34-41-13-10-31(42-34)26-47-33-8-6-28(7-9-33)37(4,5)29-20-27(25-40)21-30(39)22-29/h6-10,13,20-22,32H,11-12,14-19,23-24,26H2,1-5H3. The van der Waals surface area contributed by atoms with Crippen molar-refractivity contribution in [1.29, 1.82) is 5.26 Å². The van der Waals surface area contributed by atoms with E-state index < -0.39 is 5.60 Å². The molecule has 1 amide bonds. The monoisotopic (exact) mass is 670 g/mol. The number of piperazine rings is 1. The van der Waals surface area contributed by atoms with E-state index in [1.165, 1.54) is 12.8 Å². The predicted molar refractivity (Wildman–Crippen MR) is 187 cm³/mol. The SMILES string of the molecule is CC(C)(C)OC(=O)N1CCC2(CC1)CC(N1CCN(c3nccc(COc4ccc(C(C)(C)c5cc(Cl)cc(C#N)c5)cc4)n3)CC1)C2. The molecule has 1 aromatic heterocycles. The minimum absolute atomic E-state index is 0.178. The highest BCUT2D eigenvalue weighted by atomic mass is 35.5. The summed E-state index contributed by atoms with van der Waals surface area (Å²) in [4.78, 5) is 28.7. The third-order valence-corrected chi connectivity index (χ3v) is 10.6. The van der Waals surface area contributed by atoms with Gasteiger partial charge in [0.2, 0.25) is 5.95 Å². The first-order chi connectivity index (χ1) is 22.8. The molecule has 9 nitrogen and oxygen atoms in total. The number of halogens is 1. The highest BCUT2D eigenvalue weighted by molar-refractivity contribution is 6.30. The van der Waals surface area contributed by atoms with Crippen molar-refractivity contribution in [3.05, 3.63) is 82.1 Å². The maximum Gasteiger partial charge on any atom is 0.410 e. The summed E-state index contributed by atoms with van der Waals surface area (Å²) < 4.78 is 11.7. The summed E-state index contributed by atoms with van der Waals surface area (Å²) in [5.74, 6) is 1.52. The van der Waals surface area contributed by atoms with Gasteiger partial charge >= 0.3 is 6.09 Å². The largest absolute Gasteiger partial charge is 0.487 e. The average Bonchev–Trinajstić information content (AvgIpc) is 3.05. The number of amides is 1. The van der Waals surface area contributed by atoms with Gasteiger partial charge < -0.3 is 19.3 Å². The van der Waals surface area contributed by atoms with E-state index in [-0.39, 0.29) is 11.5 Å². The molecule has 0 atom stereocenters. The lowest BCUT2D eigenvalue weighted by atomic mass is 9.60. The minimum atomic E-state index is -0.451. The number of hydrogen-bond donors (Lipinski definition) is 0. The number of ether oxygens (including phenoxy) is 2. The summed E-state index contributed by atoms with van der Waals surface area (Å²) in [6.07, 6.45) is 6.22. The van der Waals surface area contributed by atoms with Crippen LogP contribution in [-0.4, -0.2) is 76.8 Å². The molecule has 254 valence electrons. The van der Waals surface area contributed by atoms with Gasteiger partial charge in [0.15, 0.2) is 0 Å². The molecule has 10 heteroatoms. The van der Waals surface area contributed by atoms with E-state index in [2.05, 4.69) is 46.8 Å². The van der Waals surface area contributed by atoms with Crippen LogP contribution in [0.5, 0.6) is 5.75 Å². The lowest BCUT2D eigenvalue weighted by Crippen LogP contribution is -2.59. The maximum absolute atomic E-state index is 12.5. The number of carbonyl (C=O) groups excluding carboxylic acids is 1. The van der Waals surface area contributed by atoms with E-state index in [9.17, 15) is 10.1 Å². The summed E-state index contributed by atoms with van der Waals surface area (Å²) in [6, 6.07) is 18.3. The Balaban J connectivity index is 0.963. The first-order valence-electron chi connectivity index (χ1n) is 17.1. The third-order valence-electron chi connectivity index (χ3n) is 10.3. The molecule has 1 aliphatic carbocycles. The summed E-state index contributed by atoms with van der Waals surface area (Å²) >= 11 is 6.29. The van der Waals surface area contributed by atoms with Crippen molar-refractivity contribution in [2.75, 3.05) is 44.2 Å². The Bertz CT molecular complexity index is 1640. The quantitative estimate of drug-likeness (QED) is 0.260. The summed E-state index contributed by atoms with van der Waals surface area (Å²) in [5, 5.41) is 9.93. The Kier molecular flexibility index (Phi) is 9.61. The van der Waals surface area contributed by atoms with Crippen molar-refractivity contribution < 1.29 is 14.3 Å². The molecule has 3 aromatic rings. The third kappa shape index (κ3) is 7.71. The maximum atomic E-state index is 12.5. The van der Waals surface area contributed by atoms with Crippen LogP contribution >= 0.6 is 11.6 Å². The van der Waals surface area contributed by atoms with Gasteiger partial charge in [0, 0.05) is 61.9 Å². The fourth-order valence-electron chi connectivity index (χ4n) is 7.31. The molecule has 6 rings (SSSR count). The molecule has 3 fully saturated rings. The second-order valence-electron chi connectivity index (χ2n) is 15.2. The van der Waals surface area contributed by atoms with Gasteiger partial charge in [-0.3, -0.25) is 4.90 Å². The number of anilines is 1. The topological polar surface area (TPSA) is 94.8 Å². The van der Waals surface area contributed by atoms with Gasteiger partial charge in [-0.05, 0) is 99.4 Å². The van der Waals surface area contributed by atoms with Crippen LogP contribution in [0.25, 0.3) is 0 Å². The van der Waals surface area contributed by atoms with Crippen molar-refractivity contribution in [3.8, 4) is 11.8 Å². The van der Waals surface area contributed by atoms with Crippen molar-refractivity contribution in [2.45, 2.75) is 84.0 Å². The molecule has 48 heavy (non-hydrogen) atoms. The number of likely N-dealkylation sites (tertiary alicyclic amines) is 1. The minimum Gasteiger partial charge on any atom is -0.487 e. The van der Waals surface area contributed by atoms with Crippen LogP contribution < -0.4 is 9.64 Å². The predicted octanol–water partition coefficient (Wildman–Crippen LogP) is 7.21. The second kappa shape index (κ2) is 13.6. The lowest BCUT2D eigenvalue weighted by Gasteiger charge is -2.56. The van der Waals surface area contributed by atoms with E-state index in [0.717, 1.165) is 80.6 Å². The van der Waals surface area contributed by atoms with Crippen LogP contribution in [0.2, 0.25) is 5.02 Å². The molecule has 2 aromatic carbocycles. The highest BCUT2D eigenvalue weighted by Gasteiger charge is 2.48. The second-order valence-corrected chi connectivity index (χ2v) is 15.6. The van der Waals surface area contributed by atoms with Crippen molar-refractivity contribution >= 4 is 23.6 Å². The molecule has 2 aliphatic heterocycles. The zero-order chi connectivity index (χ0) is 34.1. The number of carbonyl (C=O) groups is 1. The van der Waals surface area contributed by atoms with Crippen molar-refractivity contribution in [2.24, 2.45) is 5.41 Å². The van der Waals surface area contributed by atoms with Gasteiger partial charge in [-0.2, -0.15) is 5.26 Å². The molecular weight excluding hydrogens is 624 g/mol. The zero-order valence-corrected chi connectivity index (χ0v) is 29.6. The van der Waals surface area contributed by atoms with Gasteiger partial charge in [0.25, 0.3) is 0 Å². The smallest absolute Gasteiger partial charge is 0.410 e. The Morgan fingerprint density at radius 3 is 2.29 bits per heavy atom. The van der Waals surface area contributed by atoms with E-state index in [4.69, 9.17) is 26.1 Å². The number of nitrogens with zero attached hydrogens (tertiary/aromatic N) is 6. The molecule has 2 saturated heterocycles. The van der Waals surface area contributed by atoms with E-state index in [0.29, 0.717) is 28.6 Å². The van der Waals surface area contributed by atoms with Crippen LogP contribution in [0, 0.1) is 16.7 Å². The van der Waals surface area contributed by atoms with E-state index in [1.54, 1.807) is 6.07 Å². The molecule has 0 bridgehead atoms. The van der Waals surface area contributed by atoms with Gasteiger partial charge in [0.1, 0.15) is 18.0 Å². The van der Waals surface area contributed by atoms with Gasteiger partial charge in [0.05, 0.1) is 17.3 Å². The van der Waals surface area contributed by atoms with Gasteiger partial charge in [-0.15, -0.1) is 0 Å². The van der Waals surface area contributed by atoms with Gasteiger partial charge in [-0.25, -0.2) is 14.8 Å². The van der Waals surface area contributed by atoms with E-state index >= 15 is 0 Å². The number of piperidine rings is 1. The first kappa shape index (κ1) is 34.0. The molecule has 0 unspecified atom stereocenters. The molecule has 1 saturated carbocycles. The van der Waals surface area contributed by atoms with Crippen LogP contribution in [0.15, 0.2) is 54.7 Å². The molecule has 3 heterocycles. The lowest BCUT2D eigenvalue weighted by molar-refractivity contribution is -0.0489. The van der Waals surface area contributed by atoms with Crippen molar-refractivity contribution in [1.82, 2.24) is 19.8 Å². The number of rotatable bonds is 7. The van der Waals surface area contributed by atoms with Crippen LogP contribution in [0.3, 0.4) is 0 Å². The van der Waals surface area contributed by atoms with E-state index in [1.807, 2.05) is 62.2 Å². The first-order valence-corrected chi connectivity index (χ1v) is 17.4. The molecular formula is C38H47ClN6O3. The van der Waals surface area contributed by atoms with Crippen molar-refractivity contribution in [3.63, 3.8) is 0 Å². The number of benzene rings is 2. The van der Waals surface area contributed by atoms with Gasteiger partial charge in [-0.1, -0.05) is 37.6 Å². The Morgan fingerprint density at radius 1 is 0.958 bits per heavy atom. The van der Waals surface area contributed by atoms with Crippen LogP contribution in [-0.2, 0) is 16.8 Å². The van der Waals surface area contributed by atoms with Crippen LogP contribution in [0.4, 0.5) is 10.7 Å². The average molecular weight is 671 g/mol. The molecule has 3 aliphatic rings. The summed E-state index contributed by atoms with van der Waals surface area (Å²) in [6.45, 7) is 15.8. The summed E-state index contributed by atoms with van der Waals surface area (Å²) in [7, 11) is 0. The Morgan fingerprint density at radius 2 is 1.65 bits per heavy atom. The normalized spacial score (nSPS) is 18.7. The fourth-order valence-corrected chi connectivity index (χ4v) is 7.54. The number of hydrogen-bond acceptors (Lipinski definition) is 8. The molecule has 1 spiro atoms. The Labute approximate surface area is 289 Å². The Hall–Kier alpha value is -3.87. The molecule has 0 N–H and O–H groups in total. The highest BCUT2D eigenvalue weighted by Crippen LogP contribution is 2.51. The summed E-state index contributed by atoms with van der Waals surface area (Å²) in [5.41, 5.74) is 3.09. The zero-order valence-electron chi connectivity index (χ0n) is 28.8. The molecule has 0 radical (unpaired) electrons. The van der Waals surface area contributed by atoms with Crippen LogP contribution in [0.1, 0.15) is 82.7 Å².